The highest BCUT2D eigenvalue weighted by Gasteiger charge is 2.04. The standard InChI is InChI=1S/C11H11N5/c1-8-10(7-15-16-8)6-14-11-9(5-12)3-2-4-13-11/h2-4,7H,6H2,1H3,(H,13,14)(H,15,16). The van der Waals surface area contributed by atoms with E-state index in [0.717, 1.165) is 11.3 Å². The van der Waals surface area contributed by atoms with Gasteiger partial charge in [0.05, 0.1) is 11.8 Å². The maximum absolute atomic E-state index is 8.88. The Morgan fingerprint density at radius 3 is 3.12 bits per heavy atom. The van der Waals surface area contributed by atoms with Gasteiger partial charge in [-0.25, -0.2) is 4.98 Å². The third-order valence-electron chi connectivity index (χ3n) is 2.31. The van der Waals surface area contributed by atoms with Gasteiger partial charge in [0.1, 0.15) is 11.9 Å². The molecule has 2 aromatic rings. The van der Waals surface area contributed by atoms with Gasteiger partial charge in [-0.15, -0.1) is 0 Å². The van der Waals surface area contributed by atoms with Crippen LogP contribution in [-0.2, 0) is 6.54 Å². The van der Waals surface area contributed by atoms with Crippen molar-refractivity contribution in [1.82, 2.24) is 15.2 Å². The Balaban J connectivity index is 2.11. The van der Waals surface area contributed by atoms with Crippen LogP contribution in [0.4, 0.5) is 5.82 Å². The van der Waals surface area contributed by atoms with Crippen molar-refractivity contribution in [3.8, 4) is 6.07 Å². The molecule has 0 aliphatic heterocycles. The summed E-state index contributed by atoms with van der Waals surface area (Å²) in [7, 11) is 0. The van der Waals surface area contributed by atoms with Gasteiger partial charge >= 0.3 is 0 Å². The van der Waals surface area contributed by atoms with Gasteiger partial charge in [-0.2, -0.15) is 10.4 Å². The molecule has 0 amide bonds. The lowest BCUT2D eigenvalue weighted by atomic mass is 10.2. The molecule has 2 heterocycles. The fourth-order valence-electron chi connectivity index (χ4n) is 1.37. The maximum Gasteiger partial charge on any atom is 0.144 e. The van der Waals surface area contributed by atoms with E-state index in [9.17, 15) is 0 Å². The minimum Gasteiger partial charge on any atom is -0.365 e. The van der Waals surface area contributed by atoms with E-state index in [1.807, 2.05) is 6.92 Å². The van der Waals surface area contributed by atoms with E-state index in [0.29, 0.717) is 17.9 Å². The van der Waals surface area contributed by atoms with E-state index < -0.39 is 0 Å². The lowest BCUT2D eigenvalue weighted by Crippen LogP contribution is -2.03. The number of rotatable bonds is 3. The molecule has 0 aliphatic carbocycles. The zero-order valence-electron chi connectivity index (χ0n) is 8.86. The first-order valence-electron chi connectivity index (χ1n) is 4.89. The summed E-state index contributed by atoms with van der Waals surface area (Å²) in [5.41, 5.74) is 2.63. The van der Waals surface area contributed by atoms with Crippen molar-refractivity contribution in [2.75, 3.05) is 5.32 Å². The Hall–Kier alpha value is -2.35. The smallest absolute Gasteiger partial charge is 0.144 e. The number of aryl methyl sites for hydroxylation is 1. The first kappa shape index (κ1) is 10.2. The van der Waals surface area contributed by atoms with E-state index in [1.165, 1.54) is 0 Å². The molecule has 0 spiro atoms. The molecule has 0 aromatic carbocycles. The van der Waals surface area contributed by atoms with Crippen molar-refractivity contribution in [1.29, 1.82) is 5.26 Å². The van der Waals surface area contributed by atoms with Crippen LogP contribution in [0.15, 0.2) is 24.5 Å². The van der Waals surface area contributed by atoms with E-state index >= 15 is 0 Å². The van der Waals surface area contributed by atoms with Gasteiger partial charge in [0.15, 0.2) is 0 Å². The normalized spacial score (nSPS) is 9.75. The highest BCUT2D eigenvalue weighted by Crippen LogP contribution is 2.12. The van der Waals surface area contributed by atoms with Gasteiger partial charge in [0.2, 0.25) is 0 Å². The third kappa shape index (κ3) is 2.01. The van der Waals surface area contributed by atoms with E-state index in [4.69, 9.17) is 5.26 Å². The largest absolute Gasteiger partial charge is 0.365 e. The summed E-state index contributed by atoms with van der Waals surface area (Å²) >= 11 is 0. The third-order valence-corrected chi connectivity index (χ3v) is 2.31. The summed E-state index contributed by atoms with van der Waals surface area (Å²) in [6.45, 7) is 2.56. The Morgan fingerprint density at radius 2 is 2.44 bits per heavy atom. The van der Waals surface area contributed by atoms with Gasteiger partial charge < -0.3 is 5.32 Å². The Bertz CT molecular complexity index is 523. The fraction of sp³-hybridized carbons (Fsp3) is 0.182. The Morgan fingerprint density at radius 1 is 1.56 bits per heavy atom. The number of pyridine rings is 1. The molecule has 0 radical (unpaired) electrons. The molecule has 2 N–H and O–H groups in total. The van der Waals surface area contributed by atoms with Gasteiger partial charge in [0.25, 0.3) is 0 Å². The maximum atomic E-state index is 8.88. The summed E-state index contributed by atoms with van der Waals surface area (Å²) in [6, 6.07) is 5.57. The van der Waals surface area contributed by atoms with Crippen molar-refractivity contribution in [2.24, 2.45) is 0 Å². The molecule has 0 saturated carbocycles. The molecule has 2 rings (SSSR count). The highest BCUT2D eigenvalue weighted by molar-refractivity contribution is 5.51. The highest BCUT2D eigenvalue weighted by atomic mass is 15.1. The number of hydrogen-bond donors (Lipinski definition) is 2. The Kier molecular flexibility index (Phi) is 2.83. The average Bonchev–Trinajstić information content (AvgIpc) is 2.72. The predicted molar refractivity (Wildman–Crippen MR) is 59.6 cm³/mol. The second-order valence-corrected chi connectivity index (χ2v) is 3.39. The monoisotopic (exact) mass is 213 g/mol. The van der Waals surface area contributed by atoms with Gasteiger partial charge in [-0.05, 0) is 19.1 Å². The van der Waals surface area contributed by atoms with Crippen molar-refractivity contribution >= 4 is 5.82 Å². The van der Waals surface area contributed by atoms with Gasteiger partial charge in [-0.3, -0.25) is 5.10 Å². The van der Waals surface area contributed by atoms with E-state index in [2.05, 4.69) is 26.6 Å². The first-order chi connectivity index (χ1) is 7.81. The fourth-order valence-corrected chi connectivity index (χ4v) is 1.37. The number of H-pyrrole nitrogens is 1. The molecule has 0 saturated heterocycles. The molecule has 5 nitrogen and oxygen atoms in total. The second kappa shape index (κ2) is 4.45. The summed E-state index contributed by atoms with van der Waals surface area (Å²) < 4.78 is 0. The summed E-state index contributed by atoms with van der Waals surface area (Å²) in [4.78, 5) is 4.11. The lowest BCUT2D eigenvalue weighted by molar-refractivity contribution is 1.04. The van der Waals surface area contributed by atoms with Crippen molar-refractivity contribution in [3.05, 3.63) is 41.3 Å². The molecule has 0 atom stereocenters. The number of nitrogens with one attached hydrogen (secondary N) is 2. The molecule has 0 fully saturated rings. The van der Waals surface area contributed by atoms with Crippen molar-refractivity contribution in [2.45, 2.75) is 13.5 Å². The summed E-state index contributed by atoms with van der Waals surface area (Å²) in [5.74, 6) is 0.602. The number of hydrogen-bond acceptors (Lipinski definition) is 4. The Labute approximate surface area is 93.1 Å². The van der Waals surface area contributed by atoms with Crippen LogP contribution in [0.3, 0.4) is 0 Å². The minimum absolute atomic E-state index is 0.545. The zero-order valence-corrected chi connectivity index (χ0v) is 8.86. The van der Waals surface area contributed by atoms with E-state index in [1.54, 1.807) is 24.5 Å². The van der Waals surface area contributed by atoms with E-state index in [-0.39, 0.29) is 0 Å². The molecule has 16 heavy (non-hydrogen) atoms. The zero-order chi connectivity index (χ0) is 11.4. The number of nitriles is 1. The topological polar surface area (TPSA) is 77.4 Å². The van der Waals surface area contributed by atoms with Crippen molar-refractivity contribution < 1.29 is 0 Å². The summed E-state index contributed by atoms with van der Waals surface area (Å²) in [6.07, 6.45) is 3.42. The lowest BCUT2D eigenvalue weighted by Gasteiger charge is -2.05. The minimum atomic E-state index is 0.545. The molecule has 0 aliphatic rings. The van der Waals surface area contributed by atoms with Crippen LogP contribution in [0, 0.1) is 18.3 Å². The van der Waals surface area contributed by atoms with Crippen LogP contribution in [0.2, 0.25) is 0 Å². The van der Waals surface area contributed by atoms with Crippen LogP contribution >= 0.6 is 0 Å². The van der Waals surface area contributed by atoms with Gasteiger partial charge in [0, 0.05) is 24.0 Å². The number of nitrogens with zero attached hydrogens (tertiary/aromatic N) is 3. The molecule has 80 valence electrons. The predicted octanol–water partition coefficient (Wildman–Crippen LogP) is 1.60. The first-order valence-corrected chi connectivity index (χ1v) is 4.89. The number of anilines is 1. The van der Waals surface area contributed by atoms with Crippen LogP contribution < -0.4 is 5.32 Å². The van der Waals surface area contributed by atoms with Crippen LogP contribution in [0.1, 0.15) is 16.8 Å². The number of aromatic nitrogens is 3. The average molecular weight is 213 g/mol. The molecule has 5 heteroatoms. The quantitative estimate of drug-likeness (QED) is 0.811. The van der Waals surface area contributed by atoms with Gasteiger partial charge in [-0.1, -0.05) is 0 Å². The summed E-state index contributed by atoms with van der Waals surface area (Å²) in [5, 5.41) is 18.8. The van der Waals surface area contributed by atoms with Crippen LogP contribution in [0.25, 0.3) is 0 Å². The second-order valence-electron chi connectivity index (χ2n) is 3.39. The van der Waals surface area contributed by atoms with Crippen molar-refractivity contribution in [3.63, 3.8) is 0 Å². The molecule has 0 bridgehead atoms. The van der Waals surface area contributed by atoms with Crippen LogP contribution in [-0.4, -0.2) is 15.2 Å². The number of aromatic amines is 1. The molecular weight excluding hydrogens is 202 g/mol. The molecule has 2 aromatic heterocycles. The molecular formula is C11H11N5. The SMILES string of the molecule is Cc1[nH]ncc1CNc1ncccc1C#N. The molecule has 0 unspecified atom stereocenters. The van der Waals surface area contributed by atoms with Crippen LogP contribution in [0.5, 0.6) is 0 Å².